The maximum absolute atomic E-state index is 12.0. The predicted molar refractivity (Wildman–Crippen MR) is 94.9 cm³/mol. The molecule has 128 valence electrons. The van der Waals surface area contributed by atoms with Crippen LogP contribution in [0.25, 0.3) is 11.4 Å². The number of nitrogens with one attached hydrogen (secondary N) is 1. The third-order valence-electron chi connectivity index (χ3n) is 4.39. The van der Waals surface area contributed by atoms with E-state index in [2.05, 4.69) is 20.1 Å². The molecule has 2 aromatic rings. The van der Waals surface area contributed by atoms with Crippen LogP contribution in [-0.2, 0) is 17.8 Å². The monoisotopic (exact) mass is 347 g/mol. The van der Waals surface area contributed by atoms with Gasteiger partial charge in [-0.2, -0.15) is 0 Å². The van der Waals surface area contributed by atoms with Crippen LogP contribution in [0.4, 0.5) is 5.69 Å². The van der Waals surface area contributed by atoms with Crippen LogP contribution < -0.4 is 11.1 Å². The highest BCUT2D eigenvalue weighted by atomic mass is 35.5. The summed E-state index contributed by atoms with van der Waals surface area (Å²) in [5.41, 5.74) is 7.02. The van der Waals surface area contributed by atoms with Crippen LogP contribution in [0.5, 0.6) is 0 Å². The molecular weight excluding hydrogens is 326 g/mol. The van der Waals surface area contributed by atoms with E-state index in [0.29, 0.717) is 17.3 Å². The summed E-state index contributed by atoms with van der Waals surface area (Å²) in [5.74, 6) is 1.42. The molecule has 0 saturated heterocycles. The summed E-state index contributed by atoms with van der Waals surface area (Å²) in [6.45, 7) is 3.00. The maximum atomic E-state index is 12.0. The van der Waals surface area contributed by atoms with Crippen molar-refractivity contribution >= 4 is 23.2 Å². The fraction of sp³-hybridized carbons (Fsp3) is 0.471. The van der Waals surface area contributed by atoms with Gasteiger partial charge in [-0.05, 0) is 31.0 Å². The van der Waals surface area contributed by atoms with Crippen LogP contribution in [-0.4, -0.2) is 27.2 Å². The third-order valence-corrected chi connectivity index (χ3v) is 4.72. The van der Waals surface area contributed by atoms with Crippen molar-refractivity contribution in [2.24, 2.45) is 11.7 Å². The molecule has 1 unspecified atom stereocenters. The van der Waals surface area contributed by atoms with Crippen LogP contribution in [0, 0.1) is 5.92 Å². The molecule has 1 aromatic carbocycles. The molecule has 0 fully saturated rings. The van der Waals surface area contributed by atoms with Gasteiger partial charge in [0.1, 0.15) is 5.82 Å². The van der Waals surface area contributed by atoms with E-state index in [9.17, 15) is 4.79 Å². The van der Waals surface area contributed by atoms with E-state index in [1.807, 2.05) is 6.07 Å². The Morgan fingerprint density at radius 3 is 3.00 bits per heavy atom. The van der Waals surface area contributed by atoms with Gasteiger partial charge in [0.05, 0.1) is 5.02 Å². The van der Waals surface area contributed by atoms with Crippen molar-refractivity contribution in [2.75, 3.05) is 11.9 Å². The lowest BCUT2D eigenvalue weighted by atomic mass is 10.1. The Balaban J connectivity index is 1.93. The first-order valence-corrected chi connectivity index (χ1v) is 8.71. The molecule has 1 aliphatic rings. The van der Waals surface area contributed by atoms with Crippen molar-refractivity contribution < 1.29 is 4.79 Å². The number of anilines is 1. The van der Waals surface area contributed by atoms with Gasteiger partial charge in [0.2, 0.25) is 5.91 Å². The van der Waals surface area contributed by atoms with Crippen molar-refractivity contribution in [1.82, 2.24) is 14.8 Å². The molecule has 1 aromatic heterocycles. The maximum Gasteiger partial charge on any atom is 0.228 e. The van der Waals surface area contributed by atoms with Crippen molar-refractivity contribution in [1.29, 1.82) is 0 Å². The second kappa shape index (κ2) is 7.32. The first-order chi connectivity index (χ1) is 11.6. The SMILES string of the molecule is CC(CN)C(=O)Nc1ccc(Cl)c(-c2nnc3n2CCCCC3)c1. The van der Waals surface area contributed by atoms with E-state index in [-0.39, 0.29) is 11.8 Å². The van der Waals surface area contributed by atoms with Gasteiger partial charge in [0.15, 0.2) is 5.82 Å². The second-order valence-corrected chi connectivity index (χ2v) is 6.63. The van der Waals surface area contributed by atoms with Crippen molar-refractivity contribution in [2.45, 2.75) is 39.2 Å². The molecule has 0 saturated carbocycles. The Bertz CT molecular complexity index is 743. The number of hydrogen-bond donors (Lipinski definition) is 2. The molecule has 0 aliphatic carbocycles. The first kappa shape index (κ1) is 16.9. The Morgan fingerprint density at radius 1 is 1.38 bits per heavy atom. The van der Waals surface area contributed by atoms with Gasteiger partial charge in [0, 0.05) is 36.7 Å². The summed E-state index contributed by atoms with van der Waals surface area (Å²) in [6, 6.07) is 5.41. The molecular formula is C17H22ClN5O. The number of benzene rings is 1. The summed E-state index contributed by atoms with van der Waals surface area (Å²) in [4.78, 5) is 12.0. The minimum Gasteiger partial charge on any atom is -0.330 e. The quantitative estimate of drug-likeness (QED) is 0.890. The number of aromatic nitrogens is 3. The number of rotatable bonds is 4. The summed E-state index contributed by atoms with van der Waals surface area (Å²) >= 11 is 6.38. The Labute approximate surface area is 146 Å². The number of carbonyl (C=O) groups excluding carboxylic acids is 1. The Kier molecular flexibility index (Phi) is 5.16. The zero-order valence-corrected chi connectivity index (χ0v) is 14.5. The molecule has 24 heavy (non-hydrogen) atoms. The average Bonchev–Trinajstić information content (AvgIpc) is 2.83. The Morgan fingerprint density at radius 2 is 2.21 bits per heavy atom. The summed E-state index contributed by atoms with van der Waals surface area (Å²) in [5, 5.41) is 12.1. The van der Waals surface area contributed by atoms with Crippen LogP contribution >= 0.6 is 11.6 Å². The van der Waals surface area contributed by atoms with Crippen LogP contribution in [0.1, 0.15) is 32.0 Å². The average molecular weight is 348 g/mol. The molecule has 7 heteroatoms. The van der Waals surface area contributed by atoms with Gasteiger partial charge in [-0.1, -0.05) is 24.9 Å². The smallest absolute Gasteiger partial charge is 0.228 e. The molecule has 0 bridgehead atoms. The number of halogens is 1. The summed E-state index contributed by atoms with van der Waals surface area (Å²) < 4.78 is 2.14. The molecule has 3 rings (SSSR count). The minimum atomic E-state index is -0.242. The van der Waals surface area contributed by atoms with Crippen LogP contribution in [0.2, 0.25) is 5.02 Å². The molecule has 3 N–H and O–H groups in total. The van der Waals surface area contributed by atoms with Gasteiger partial charge in [-0.25, -0.2) is 0 Å². The zero-order chi connectivity index (χ0) is 17.1. The molecule has 1 atom stereocenters. The number of nitrogens with zero attached hydrogens (tertiary/aromatic N) is 3. The molecule has 2 heterocycles. The van der Waals surface area contributed by atoms with Crippen LogP contribution in [0.15, 0.2) is 18.2 Å². The number of hydrogen-bond acceptors (Lipinski definition) is 4. The number of amides is 1. The number of aryl methyl sites for hydroxylation is 1. The van der Waals surface area contributed by atoms with Gasteiger partial charge in [-0.15, -0.1) is 10.2 Å². The lowest BCUT2D eigenvalue weighted by Crippen LogP contribution is -2.26. The fourth-order valence-electron chi connectivity index (χ4n) is 2.83. The largest absolute Gasteiger partial charge is 0.330 e. The molecule has 6 nitrogen and oxygen atoms in total. The highest BCUT2D eigenvalue weighted by Crippen LogP contribution is 2.31. The topological polar surface area (TPSA) is 85.8 Å². The van der Waals surface area contributed by atoms with Gasteiger partial charge >= 0.3 is 0 Å². The fourth-order valence-corrected chi connectivity index (χ4v) is 3.03. The number of carbonyl (C=O) groups is 1. The lowest BCUT2D eigenvalue weighted by Gasteiger charge is -2.13. The van der Waals surface area contributed by atoms with E-state index < -0.39 is 0 Å². The predicted octanol–water partition coefficient (Wildman–Crippen LogP) is 2.86. The minimum absolute atomic E-state index is 0.106. The Hall–Kier alpha value is -1.92. The van der Waals surface area contributed by atoms with E-state index >= 15 is 0 Å². The number of fused-ring (bicyclic) bond motifs is 1. The standard InChI is InChI=1S/C17H22ClN5O/c1-11(10-19)17(24)20-12-6-7-14(18)13(9-12)16-22-21-15-5-3-2-4-8-23(15)16/h6-7,9,11H,2-5,8,10,19H2,1H3,(H,20,24). The van der Waals surface area contributed by atoms with Crippen LogP contribution in [0.3, 0.4) is 0 Å². The molecule has 0 spiro atoms. The lowest BCUT2D eigenvalue weighted by molar-refractivity contribution is -0.119. The van der Waals surface area contributed by atoms with E-state index in [4.69, 9.17) is 17.3 Å². The van der Waals surface area contributed by atoms with Gasteiger partial charge < -0.3 is 15.6 Å². The highest BCUT2D eigenvalue weighted by Gasteiger charge is 2.19. The summed E-state index contributed by atoms with van der Waals surface area (Å²) in [7, 11) is 0. The van der Waals surface area contributed by atoms with E-state index in [1.54, 1.807) is 19.1 Å². The summed E-state index contributed by atoms with van der Waals surface area (Å²) in [6.07, 6.45) is 4.39. The van der Waals surface area contributed by atoms with Crippen molar-refractivity contribution in [3.8, 4) is 11.4 Å². The molecule has 1 amide bonds. The van der Waals surface area contributed by atoms with Gasteiger partial charge in [-0.3, -0.25) is 4.79 Å². The normalized spacial score (nSPS) is 15.5. The third kappa shape index (κ3) is 3.44. The van der Waals surface area contributed by atoms with Crippen molar-refractivity contribution in [3.05, 3.63) is 29.0 Å². The first-order valence-electron chi connectivity index (χ1n) is 8.33. The second-order valence-electron chi connectivity index (χ2n) is 6.22. The van der Waals surface area contributed by atoms with E-state index in [0.717, 1.165) is 43.0 Å². The molecule has 1 aliphatic heterocycles. The highest BCUT2D eigenvalue weighted by molar-refractivity contribution is 6.33. The zero-order valence-electron chi connectivity index (χ0n) is 13.8. The molecule has 0 radical (unpaired) electrons. The van der Waals surface area contributed by atoms with Gasteiger partial charge in [0.25, 0.3) is 0 Å². The number of nitrogens with two attached hydrogens (primary N) is 1. The van der Waals surface area contributed by atoms with Crippen molar-refractivity contribution in [3.63, 3.8) is 0 Å². The van der Waals surface area contributed by atoms with E-state index in [1.165, 1.54) is 6.42 Å².